The Hall–Kier alpha value is -0.448. The Morgan fingerprint density at radius 3 is 2.09 bits per heavy atom. The molecular weight excluding hydrogens is 151 g/mol. The predicted molar refractivity (Wildman–Crippen MR) is 49.3 cm³/mol. The van der Waals surface area contributed by atoms with E-state index in [2.05, 4.69) is 30.6 Å². The Labute approximate surface area is 72.7 Å². The normalized spacial score (nSPS) is 9.36. The second-order valence-electron chi connectivity index (χ2n) is 2.98. The molecule has 0 amide bonds. The highest BCUT2D eigenvalue weighted by atomic mass is 27.2. The van der Waals surface area contributed by atoms with Crippen molar-refractivity contribution in [1.82, 2.24) is 0 Å². The molecule has 0 saturated carbocycles. The van der Waals surface area contributed by atoms with Crippen LogP contribution in [0.15, 0.2) is 24.3 Å². The Balaban J connectivity index is 2.66. The molecule has 0 heterocycles. The molecule has 2 heteroatoms. The van der Waals surface area contributed by atoms with Crippen LogP contribution in [0.2, 0.25) is 11.6 Å². The molecule has 0 aliphatic heterocycles. The van der Waals surface area contributed by atoms with Crippen LogP contribution in [0.25, 0.3) is 0 Å². The topological polar surface area (TPSA) is 9.23 Å². The zero-order chi connectivity index (χ0) is 8.27. The first-order valence-electron chi connectivity index (χ1n) is 3.92. The molecule has 0 atom stereocenters. The van der Waals surface area contributed by atoms with Crippen LogP contribution in [0.1, 0.15) is 5.56 Å². The van der Waals surface area contributed by atoms with Crippen LogP contribution < -0.4 is 3.79 Å². The monoisotopic (exact) mass is 164 g/mol. The average Bonchev–Trinajstić information content (AvgIpc) is 1.93. The molecule has 0 fully saturated rings. The van der Waals surface area contributed by atoms with Crippen LogP contribution in [0.4, 0.5) is 0 Å². The lowest BCUT2D eigenvalue weighted by molar-refractivity contribution is 0.580. The molecule has 0 aliphatic rings. The second kappa shape index (κ2) is 3.80. The molecule has 58 valence electrons. The van der Waals surface area contributed by atoms with Crippen molar-refractivity contribution >= 4 is 14.5 Å². The molecule has 0 radical (unpaired) electrons. The van der Waals surface area contributed by atoms with E-state index in [1.54, 1.807) is 0 Å². The summed E-state index contributed by atoms with van der Waals surface area (Å²) in [5, 5.41) is 0. The van der Waals surface area contributed by atoms with Crippen molar-refractivity contribution in [1.29, 1.82) is 0 Å². The van der Waals surface area contributed by atoms with E-state index in [0.717, 1.165) is 5.75 Å². The van der Waals surface area contributed by atoms with Crippen molar-refractivity contribution < 1.29 is 3.79 Å². The first-order chi connectivity index (χ1) is 5.18. The van der Waals surface area contributed by atoms with Crippen molar-refractivity contribution in [2.24, 2.45) is 0 Å². The smallest absolute Gasteiger partial charge is 0.539 e. The molecule has 1 aromatic carbocycles. The van der Waals surface area contributed by atoms with Crippen molar-refractivity contribution in [3.05, 3.63) is 29.8 Å². The number of hydrogen-bond acceptors (Lipinski definition) is 1. The van der Waals surface area contributed by atoms with Gasteiger partial charge in [-0.2, -0.15) is 0 Å². The van der Waals surface area contributed by atoms with Gasteiger partial charge < -0.3 is 3.79 Å². The molecule has 0 N–H and O–H groups in total. The summed E-state index contributed by atoms with van der Waals surface area (Å²) in [6, 6.07) is 8.21. The van der Waals surface area contributed by atoms with Crippen LogP contribution >= 0.6 is 0 Å². The number of aryl methyl sites for hydroxylation is 1. The summed E-state index contributed by atoms with van der Waals surface area (Å²) in [5.74, 6) is 5.34. The predicted octanol–water partition coefficient (Wildman–Crippen LogP) is 2.62. The van der Waals surface area contributed by atoms with Gasteiger partial charge in [0.1, 0.15) is 0 Å². The fourth-order valence-electron chi connectivity index (χ4n) is 0.889. The molecule has 0 aliphatic carbocycles. The van der Waals surface area contributed by atoms with Gasteiger partial charge in [0.15, 0.2) is 0 Å². The third-order valence-electron chi connectivity index (χ3n) is 1.39. The molecule has 1 nitrogen and oxygen atoms in total. The Bertz CT molecular complexity index is 216. The van der Waals surface area contributed by atoms with Crippen LogP contribution in [-0.2, 0) is 0 Å². The minimum atomic E-state index is -0.913. The van der Waals surface area contributed by atoms with Crippen LogP contribution in [0, 0.1) is 6.92 Å². The molecule has 0 bridgehead atoms. The Morgan fingerprint density at radius 2 is 1.64 bits per heavy atom. The largest absolute Gasteiger partial charge is 0.643 e. The minimum Gasteiger partial charge on any atom is -0.643 e. The summed E-state index contributed by atoms with van der Waals surface area (Å²) < 4.78 is 5.61. The highest BCUT2D eigenvalue weighted by Gasteiger charge is 2.05. The molecule has 0 unspecified atom stereocenters. The third-order valence-corrected chi connectivity index (χ3v) is 2.14. The maximum atomic E-state index is 5.61. The van der Waals surface area contributed by atoms with Crippen LogP contribution in [0.3, 0.4) is 0 Å². The lowest BCUT2D eigenvalue weighted by Gasteiger charge is -2.07. The van der Waals surface area contributed by atoms with E-state index in [-0.39, 0.29) is 0 Å². The SMILES string of the molecule is Cc1ccc([O][Al]([CH3])[CH3])cc1. The standard InChI is InChI=1S/C7H8O.2CH3.Al/c1-6-2-4-7(8)5-3-6;;;/h2-5,8H,1H3;2*1H3;/q;;;+1/p-1. The fraction of sp³-hybridized carbons (Fsp3) is 0.333. The van der Waals surface area contributed by atoms with Crippen molar-refractivity contribution in [2.45, 2.75) is 18.5 Å². The average molecular weight is 164 g/mol. The van der Waals surface area contributed by atoms with Gasteiger partial charge in [-0.3, -0.25) is 0 Å². The molecule has 0 aromatic heterocycles. The van der Waals surface area contributed by atoms with Gasteiger partial charge in [-0.1, -0.05) is 29.3 Å². The summed E-state index contributed by atoms with van der Waals surface area (Å²) >= 11 is -0.913. The summed E-state index contributed by atoms with van der Waals surface area (Å²) in [4.78, 5) is 0. The highest BCUT2D eigenvalue weighted by molar-refractivity contribution is 6.49. The number of hydrogen-bond donors (Lipinski definition) is 0. The van der Waals surface area contributed by atoms with Gasteiger partial charge >= 0.3 is 14.5 Å². The molecule has 0 spiro atoms. The Morgan fingerprint density at radius 1 is 1.09 bits per heavy atom. The van der Waals surface area contributed by atoms with E-state index in [9.17, 15) is 0 Å². The van der Waals surface area contributed by atoms with Crippen LogP contribution in [-0.4, -0.2) is 14.5 Å². The first kappa shape index (κ1) is 8.65. The van der Waals surface area contributed by atoms with E-state index >= 15 is 0 Å². The van der Waals surface area contributed by atoms with Crippen molar-refractivity contribution in [2.75, 3.05) is 0 Å². The quantitative estimate of drug-likeness (QED) is 0.610. The summed E-state index contributed by atoms with van der Waals surface area (Å²) in [6.45, 7) is 2.08. The molecule has 1 aromatic rings. The number of rotatable bonds is 2. The summed E-state index contributed by atoms with van der Waals surface area (Å²) in [7, 11) is 0. The van der Waals surface area contributed by atoms with Gasteiger partial charge in [-0.05, 0) is 19.1 Å². The molecule has 11 heavy (non-hydrogen) atoms. The van der Waals surface area contributed by atoms with Crippen molar-refractivity contribution in [3.8, 4) is 5.75 Å². The molecule has 1 rings (SSSR count). The lowest BCUT2D eigenvalue weighted by Crippen LogP contribution is -2.10. The summed E-state index contributed by atoms with van der Waals surface area (Å²) in [6.07, 6.45) is 0. The fourth-order valence-corrected chi connectivity index (χ4v) is 1.59. The highest BCUT2D eigenvalue weighted by Crippen LogP contribution is 2.11. The van der Waals surface area contributed by atoms with Gasteiger partial charge in [0.25, 0.3) is 0 Å². The third kappa shape index (κ3) is 2.97. The van der Waals surface area contributed by atoms with Gasteiger partial charge in [-0.15, -0.1) is 0 Å². The van der Waals surface area contributed by atoms with Gasteiger partial charge in [0.2, 0.25) is 0 Å². The van der Waals surface area contributed by atoms with E-state index in [4.69, 9.17) is 3.79 Å². The van der Waals surface area contributed by atoms with Gasteiger partial charge in [0, 0.05) is 0 Å². The zero-order valence-corrected chi connectivity index (χ0v) is 8.45. The molecular formula is C9H13AlO. The maximum Gasteiger partial charge on any atom is 0.539 e. The van der Waals surface area contributed by atoms with E-state index in [1.807, 2.05) is 12.1 Å². The second-order valence-corrected chi connectivity index (χ2v) is 5.31. The zero-order valence-electron chi connectivity index (χ0n) is 7.29. The van der Waals surface area contributed by atoms with Gasteiger partial charge in [0.05, 0.1) is 5.75 Å². The van der Waals surface area contributed by atoms with Gasteiger partial charge in [-0.25, -0.2) is 0 Å². The lowest BCUT2D eigenvalue weighted by atomic mass is 10.2. The number of benzene rings is 1. The van der Waals surface area contributed by atoms with Crippen LogP contribution in [0.5, 0.6) is 5.75 Å². The van der Waals surface area contributed by atoms with E-state index in [0.29, 0.717) is 0 Å². The first-order valence-corrected chi connectivity index (χ1v) is 6.70. The van der Waals surface area contributed by atoms with Crippen molar-refractivity contribution in [3.63, 3.8) is 0 Å². The maximum absolute atomic E-state index is 5.61. The summed E-state index contributed by atoms with van der Waals surface area (Å²) in [5.41, 5.74) is 1.28. The van der Waals surface area contributed by atoms with E-state index < -0.39 is 14.5 Å². The minimum absolute atomic E-state index is 0.913. The van der Waals surface area contributed by atoms with E-state index in [1.165, 1.54) is 5.56 Å². The Kier molecular flexibility index (Phi) is 2.99. The molecule has 0 saturated heterocycles.